The molecule has 1 unspecified atom stereocenters. The van der Waals surface area contributed by atoms with Gasteiger partial charge in [0.2, 0.25) is 5.91 Å². The fraction of sp³-hybridized carbons (Fsp3) is 0.421. The molecule has 0 aliphatic carbocycles. The molecule has 140 valence electrons. The van der Waals surface area contributed by atoms with Gasteiger partial charge in [0.15, 0.2) is 0 Å². The molecule has 2 aromatic rings. The number of nitrogens with two attached hydrogens (primary N) is 1. The van der Waals surface area contributed by atoms with Crippen LogP contribution in [0.25, 0.3) is 0 Å². The number of nitrogens with zero attached hydrogens (tertiary/aromatic N) is 2. The molecule has 6 nitrogen and oxygen atoms in total. The number of esters is 1. The third kappa shape index (κ3) is 4.07. The normalized spacial score (nSPS) is 12.7. The summed E-state index contributed by atoms with van der Waals surface area (Å²) in [7, 11) is 0. The monoisotopic (exact) mass is 377 g/mol. The van der Waals surface area contributed by atoms with Crippen molar-refractivity contribution in [1.29, 1.82) is 0 Å². The van der Waals surface area contributed by atoms with E-state index < -0.39 is 23.2 Å². The summed E-state index contributed by atoms with van der Waals surface area (Å²) in [4.78, 5) is 28.7. The van der Waals surface area contributed by atoms with E-state index in [1.165, 1.54) is 6.33 Å². The highest BCUT2D eigenvalue weighted by atomic mass is 35.5. The minimum Gasteiger partial charge on any atom is -0.461 e. The van der Waals surface area contributed by atoms with Crippen molar-refractivity contribution in [1.82, 2.24) is 9.55 Å². The van der Waals surface area contributed by atoms with E-state index in [0.29, 0.717) is 16.4 Å². The number of hydrogen-bond donors (Lipinski definition) is 1. The van der Waals surface area contributed by atoms with Crippen LogP contribution in [0.3, 0.4) is 0 Å². The van der Waals surface area contributed by atoms with E-state index in [0.717, 1.165) is 5.56 Å². The largest absolute Gasteiger partial charge is 0.461 e. The first kappa shape index (κ1) is 20.0. The summed E-state index contributed by atoms with van der Waals surface area (Å²) in [5.41, 5.74) is 6.97. The van der Waals surface area contributed by atoms with Crippen LogP contribution in [-0.2, 0) is 21.5 Å². The standard InChI is InChI=1S/C19H24ClN3O3/c1-5-26-18(25)16-12(2)22-11-23(16)10-15(17(21)24)19(3,4)13-6-8-14(20)9-7-13/h6-9,11,15H,5,10H2,1-4H3,(H2,21,24). The number of amides is 1. The van der Waals surface area contributed by atoms with Crippen LogP contribution in [0.1, 0.15) is 42.5 Å². The Kier molecular flexibility index (Phi) is 6.08. The first-order valence-corrected chi connectivity index (χ1v) is 8.80. The van der Waals surface area contributed by atoms with E-state index >= 15 is 0 Å². The first-order valence-electron chi connectivity index (χ1n) is 8.42. The number of benzene rings is 1. The number of aromatic nitrogens is 2. The maximum Gasteiger partial charge on any atom is 0.356 e. The first-order chi connectivity index (χ1) is 12.2. The van der Waals surface area contributed by atoms with Crippen LogP contribution in [0.15, 0.2) is 30.6 Å². The lowest BCUT2D eigenvalue weighted by Crippen LogP contribution is -2.41. The van der Waals surface area contributed by atoms with Crippen LogP contribution in [0.4, 0.5) is 0 Å². The SMILES string of the molecule is CCOC(=O)c1c(C)ncn1CC(C(N)=O)C(C)(C)c1ccc(Cl)cc1. The molecule has 0 saturated heterocycles. The molecule has 0 fully saturated rings. The van der Waals surface area contributed by atoms with Gasteiger partial charge in [0.05, 0.1) is 24.5 Å². The second-order valence-corrected chi connectivity index (χ2v) is 7.17. The Morgan fingerprint density at radius 1 is 1.31 bits per heavy atom. The maximum atomic E-state index is 12.3. The number of halogens is 1. The molecule has 0 aliphatic rings. The van der Waals surface area contributed by atoms with Crippen LogP contribution in [0.2, 0.25) is 5.02 Å². The molecule has 0 spiro atoms. The Morgan fingerprint density at radius 2 is 1.92 bits per heavy atom. The highest BCUT2D eigenvalue weighted by Crippen LogP contribution is 2.34. The summed E-state index contributed by atoms with van der Waals surface area (Å²) >= 11 is 5.97. The third-order valence-corrected chi connectivity index (χ3v) is 4.92. The van der Waals surface area contributed by atoms with Gasteiger partial charge in [-0.15, -0.1) is 0 Å². The number of carbonyl (C=O) groups is 2. The molecule has 1 aromatic heterocycles. The minimum atomic E-state index is -0.569. The van der Waals surface area contributed by atoms with E-state index in [9.17, 15) is 9.59 Å². The maximum absolute atomic E-state index is 12.3. The Hall–Kier alpha value is -2.34. The minimum absolute atomic E-state index is 0.222. The summed E-state index contributed by atoms with van der Waals surface area (Å²) < 4.78 is 6.74. The molecular formula is C19H24ClN3O3. The molecule has 1 heterocycles. The quantitative estimate of drug-likeness (QED) is 0.751. The molecule has 0 bridgehead atoms. The van der Waals surface area contributed by atoms with Crippen molar-refractivity contribution in [2.45, 2.75) is 39.7 Å². The topological polar surface area (TPSA) is 87.2 Å². The Labute approximate surface area is 158 Å². The smallest absolute Gasteiger partial charge is 0.356 e. The molecule has 1 amide bonds. The van der Waals surface area contributed by atoms with Crippen molar-refractivity contribution in [3.05, 3.63) is 52.6 Å². The fourth-order valence-corrected chi connectivity index (χ4v) is 3.16. The zero-order valence-electron chi connectivity index (χ0n) is 15.5. The number of hydrogen-bond acceptors (Lipinski definition) is 4. The Morgan fingerprint density at radius 3 is 2.46 bits per heavy atom. The highest BCUT2D eigenvalue weighted by molar-refractivity contribution is 6.30. The second-order valence-electron chi connectivity index (χ2n) is 6.73. The molecule has 2 N–H and O–H groups in total. The van der Waals surface area contributed by atoms with Crippen LogP contribution < -0.4 is 5.73 Å². The summed E-state index contributed by atoms with van der Waals surface area (Å²) in [5, 5.41) is 0.620. The number of carbonyl (C=O) groups excluding carboxylic acids is 2. The van der Waals surface area contributed by atoms with E-state index in [1.54, 1.807) is 30.5 Å². The lowest BCUT2D eigenvalue weighted by molar-refractivity contribution is -0.124. The molecule has 7 heteroatoms. The molecular weight excluding hydrogens is 354 g/mol. The van der Waals surface area contributed by atoms with Gasteiger partial charge in [0, 0.05) is 17.0 Å². The summed E-state index contributed by atoms with van der Waals surface area (Å²) in [6.07, 6.45) is 1.54. The third-order valence-electron chi connectivity index (χ3n) is 4.67. The summed E-state index contributed by atoms with van der Waals surface area (Å²) in [6.45, 7) is 7.84. The van der Waals surface area contributed by atoms with Crippen molar-refractivity contribution in [3.8, 4) is 0 Å². The van der Waals surface area contributed by atoms with Crippen LogP contribution in [0, 0.1) is 12.8 Å². The molecule has 1 atom stereocenters. The Balaban J connectivity index is 2.39. The summed E-state index contributed by atoms with van der Waals surface area (Å²) in [5.74, 6) is -1.48. The van der Waals surface area contributed by atoms with Gasteiger partial charge in [0.1, 0.15) is 5.69 Å². The second kappa shape index (κ2) is 7.91. The van der Waals surface area contributed by atoms with Gasteiger partial charge >= 0.3 is 5.97 Å². The van der Waals surface area contributed by atoms with Gasteiger partial charge in [0.25, 0.3) is 0 Å². The predicted octanol–water partition coefficient (Wildman–Crippen LogP) is 3.10. The van der Waals surface area contributed by atoms with Gasteiger partial charge < -0.3 is 15.0 Å². The van der Waals surface area contributed by atoms with Gasteiger partial charge in [-0.1, -0.05) is 37.6 Å². The molecule has 2 rings (SSSR count). The number of rotatable bonds is 7. The van der Waals surface area contributed by atoms with Crippen LogP contribution >= 0.6 is 11.6 Å². The van der Waals surface area contributed by atoms with E-state index in [2.05, 4.69) is 4.98 Å². The van der Waals surface area contributed by atoms with Crippen molar-refractivity contribution in [2.24, 2.45) is 11.7 Å². The van der Waals surface area contributed by atoms with Gasteiger partial charge in [-0.25, -0.2) is 9.78 Å². The van der Waals surface area contributed by atoms with Gasteiger partial charge in [-0.05, 0) is 31.5 Å². The highest BCUT2D eigenvalue weighted by Gasteiger charge is 2.36. The molecule has 26 heavy (non-hydrogen) atoms. The molecule has 1 aromatic carbocycles. The predicted molar refractivity (Wildman–Crippen MR) is 100 cm³/mol. The van der Waals surface area contributed by atoms with Gasteiger partial charge in [-0.3, -0.25) is 4.79 Å². The van der Waals surface area contributed by atoms with Crippen LogP contribution in [-0.4, -0.2) is 28.0 Å². The van der Waals surface area contributed by atoms with Crippen molar-refractivity contribution >= 4 is 23.5 Å². The molecule has 0 aliphatic heterocycles. The van der Waals surface area contributed by atoms with Crippen molar-refractivity contribution in [3.63, 3.8) is 0 Å². The zero-order chi connectivity index (χ0) is 19.5. The molecule has 0 saturated carbocycles. The fourth-order valence-electron chi connectivity index (χ4n) is 3.04. The number of imidazole rings is 1. The lowest BCUT2D eigenvalue weighted by atomic mass is 9.73. The lowest BCUT2D eigenvalue weighted by Gasteiger charge is -2.33. The van der Waals surface area contributed by atoms with Gasteiger partial charge in [-0.2, -0.15) is 0 Å². The average molecular weight is 378 g/mol. The van der Waals surface area contributed by atoms with E-state index in [4.69, 9.17) is 22.1 Å². The number of primary amides is 1. The van der Waals surface area contributed by atoms with Crippen LogP contribution in [0.5, 0.6) is 0 Å². The number of aryl methyl sites for hydroxylation is 1. The zero-order valence-corrected chi connectivity index (χ0v) is 16.2. The summed E-state index contributed by atoms with van der Waals surface area (Å²) in [6, 6.07) is 7.32. The van der Waals surface area contributed by atoms with Crippen molar-refractivity contribution < 1.29 is 14.3 Å². The average Bonchev–Trinajstić information content (AvgIpc) is 2.93. The van der Waals surface area contributed by atoms with E-state index in [1.807, 2.05) is 26.0 Å². The van der Waals surface area contributed by atoms with E-state index in [-0.39, 0.29) is 13.2 Å². The molecule has 0 radical (unpaired) electrons. The van der Waals surface area contributed by atoms with Crippen molar-refractivity contribution in [2.75, 3.05) is 6.61 Å². The number of ether oxygens (including phenoxy) is 1. The Bertz CT molecular complexity index is 797.